The lowest BCUT2D eigenvalue weighted by molar-refractivity contribution is -0.148. The van der Waals surface area contributed by atoms with Gasteiger partial charge in [0.25, 0.3) is 0 Å². The molecule has 2 unspecified atom stereocenters. The fourth-order valence-electron chi connectivity index (χ4n) is 2.52. The molecule has 1 aromatic carbocycles. The number of nitrogens with one attached hydrogen (secondary N) is 1. The third-order valence-electron chi connectivity index (χ3n) is 3.91. The lowest BCUT2D eigenvalue weighted by Crippen LogP contribution is -2.44. The summed E-state index contributed by atoms with van der Waals surface area (Å²) in [5, 5.41) is 3.24. The molecule has 0 bridgehead atoms. The molecule has 2 atom stereocenters. The second-order valence-corrected chi connectivity index (χ2v) is 5.26. The van der Waals surface area contributed by atoms with E-state index in [2.05, 4.69) is 12.2 Å². The van der Waals surface area contributed by atoms with Crippen LogP contribution < -0.4 is 10.1 Å². The maximum Gasteiger partial charge on any atom is 0.323 e. The number of hydrogen-bond donors (Lipinski definition) is 1. The highest BCUT2D eigenvalue weighted by Gasteiger charge is 2.26. The fraction of sp³-hybridized carbons (Fsp3) is 0.562. The molecule has 0 radical (unpaired) electrons. The SMILES string of the molecule is CCC1CCNC(C(=O)OCc2ccc(OC)cc2)C1. The molecule has 0 aromatic heterocycles. The molecule has 0 amide bonds. The molecule has 1 aliphatic rings. The van der Waals surface area contributed by atoms with Gasteiger partial charge in [-0.05, 0) is 43.0 Å². The van der Waals surface area contributed by atoms with Gasteiger partial charge >= 0.3 is 5.97 Å². The monoisotopic (exact) mass is 277 g/mol. The van der Waals surface area contributed by atoms with Crippen LogP contribution in [-0.2, 0) is 16.1 Å². The van der Waals surface area contributed by atoms with E-state index in [4.69, 9.17) is 9.47 Å². The summed E-state index contributed by atoms with van der Waals surface area (Å²) in [6.07, 6.45) is 3.17. The van der Waals surface area contributed by atoms with Gasteiger partial charge in [0, 0.05) is 0 Å². The Kier molecular flexibility index (Phi) is 5.41. The van der Waals surface area contributed by atoms with Crippen LogP contribution in [0.1, 0.15) is 31.7 Å². The molecular formula is C16H23NO3. The van der Waals surface area contributed by atoms with Crippen LogP contribution in [-0.4, -0.2) is 25.7 Å². The number of hydrogen-bond acceptors (Lipinski definition) is 4. The van der Waals surface area contributed by atoms with Crippen LogP contribution in [0.4, 0.5) is 0 Å². The molecule has 1 aliphatic heterocycles. The van der Waals surface area contributed by atoms with Gasteiger partial charge < -0.3 is 14.8 Å². The van der Waals surface area contributed by atoms with Crippen LogP contribution in [0.2, 0.25) is 0 Å². The van der Waals surface area contributed by atoms with Crippen LogP contribution in [0.5, 0.6) is 5.75 Å². The minimum atomic E-state index is -0.146. The fourth-order valence-corrected chi connectivity index (χ4v) is 2.52. The molecule has 2 rings (SSSR count). The Morgan fingerprint density at radius 2 is 2.10 bits per heavy atom. The summed E-state index contributed by atoms with van der Waals surface area (Å²) >= 11 is 0. The van der Waals surface area contributed by atoms with Gasteiger partial charge in [0.15, 0.2) is 0 Å². The van der Waals surface area contributed by atoms with Crippen molar-refractivity contribution in [2.75, 3.05) is 13.7 Å². The molecule has 1 heterocycles. The van der Waals surface area contributed by atoms with Crippen molar-refractivity contribution in [3.63, 3.8) is 0 Å². The molecule has 110 valence electrons. The Labute approximate surface area is 120 Å². The van der Waals surface area contributed by atoms with E-state index in [1.165, 1.54) is 0 Å². The average molecular weight is 277 g/mol. The van der Waals surface area contributed by atoms with E-state index in [0.717, 1.165) is 37.1 Å². The molecule has 1 saturated heterocycles. The number of rotatable bonds is 5. The van der Waals surface area contributed by atoms with E-state index in [0.29, 0.717) is 12.5 Å². The Balaban J connectivity index is 1.81. The molecular weight excluding hydrogens is 254 g/mol. The van der Waals surface area contributed by atoms with Gasteiger partial charge in [0.05, 0.1) is 7.11 Å². The maximum atomic E-state index is 12.0. The number of methoxy groups -OCH3 is 1. The first-order valence-corrected chi connectivity index (χ1v) is 7.26. The first-order valence-electron chi connectivity index (χ1n) is 7.26. The molecule has 1 aromatic rings. The van der Waals surface area contributed by atoms with Crippen molar-refractivity contribution in [2.45, 2.75) is 38.8 Å². The Bertz CT molecular complexity index is 430. The van der Waals surface area contributed by atoms with Crippen LogP contribution in [0, 0.1) is 5.92 Å². The summed E-state index contributed by atoms with van der Waals surface area (Å²) in [6.45, 7) is 3.40. The van der Waals surface area contributed by atoms with Crippen molar-refractivity contribution in [2.24, 2.45) is 5.92 Å². The van der Waals surface area contributed by atoms with E-state index in [1.807, 2.05) is 24.3 Å². The number of carbonyl (C=O) groups is 1. The predicted molar refractivity (Wildman–Crippen MR) is 77.6 cm³/mol. The lowest BCUT2D eigenvalue weighted by Gasteiger charge is -2.28. The Morgan fingerprint density at radius 3 is 2.75 bits per heavy atom. The highest BCUT2D eigenvalue weighted by atomic mass is 16.5. The number of piperidine rings is 1. The highest BCUT2D eigenvalue weighted by Crippen LogP contribution is 2.20. The molecule has 4 nitrogen and oxygen atoms in total. The first kappa shape index (κ1) is 14.9. The van der Waals surface area contributed by atoms with Gasteiger partial charge in [-0.25, -0.2) is 0 Å². The minimum Gasteiger partial charge on any atom is -0.497 e. The summed E-state index contributed by atoms with van der Waals surface area (Å²) in [4.78, 5) is 12.0. The predicted octanol–water partition coefficient (Wildman–Crippen LogP) is 2.52. The number of ether oxygens (including phenoxy) is 2. The zero-order valence-corrected chi connectivity index (χ0v) is 12.2. The van der Waals surface area contributed by atoms with Crippen LogP contribution in [0.25, 0.3) is 0 Å². The summed E-state index contributed by atoms with van der Waals surface area (Å²) < 4.78 is 10.5. The second-order valence-electron chi connectivity index (χ2n) is 5.26. The van der Waals surface area contributed by atoms with Crippen LogP contribution in [0.3, 0.4) is 0 Å². The van der Waals surface area contributed by atoms with Gasteiger partial charge in [0.2, 0.25) is 0 Å². The molecule has 0 spiro atoms. The van der Waals surface area contributed by atoms with Gasteiger partial charge in [-0.3, -0.25) is 4.79 Å². The molecule has 0 aliphatic carbocycles. The summed E-state index contributed by atoms with van der Waals surface area (Å²) in [7, 11) is 1.63. The van der Waals surface area contributed by atoms with E-state index >= 15 is 0 Å². The summed E-state index contributed by atoms with van der Waals surface area (Å²) in [5.74, 6) is 1.30. The number of carbonyl (C=O) groups excluding carboxylic acids is 1. The number of esters is 1. The topological polar surface area (TPSA) is 47.6 Å². The van der Waals surface area contributed by atoms with E-state index in [1.54, 1.807) is 7.11 Å². The number of benzene rings is 1. The molecule has 0 saturated carbocycles. The largest absolute Gasteiger partial charge is 0.497 e. The van der Waals surface area contributed by atoms with Gasteiger partial charge in [-0.1, -0.05) is 25.5 Å². The lowest BCUT2D eigenvalue weighted by atomic mass is 9.90. The molecule has 1 N–H and O–H groups in total. The quantitative estimate of drug-likeness (QED) is 0.840. The Hall–Kier alpha value is -1.55. The van der Waals surface area contributed by atoms with Gasteiger partial charge in [-0.2, -0.15) is 0 Å². The van der Waals surface area contributed by atoms with Crippen molar-refractivity contribution in [3.05, 3.63) is 29.8 Å². The van der Waals surface area contributed by atoms with Crippen LogP contribution >= 0.6 is 0 Å². The third kappa shape index (κ3) is 3.97. The first-order chi connectivity index (χ1) is 9.72. The standard InChI is InChI=1S/C16H23NO3/c1-3-12-8-9-17-15(10-12)16(18)20-11-13-4-6-14(19-2)7-5-13/h4-7,12,15,17H,3,8-11H2,1-2H3. The summed E-state index contributed by atoms with van der Waals surface area (Å²) in [5.41, 5.74) is 0.974. The Morgan fingerprint density at radius 1 is 1.35 bits per heavy atom. The summed E-state index contributed by atoms with van der Waals surface area (Å²) in [6, 6.07) is 7.42. The van der Waals surface area contributed by atoms with Crippen molar-refractivity contribution in [1.29, 1.82) is 0 Å². The van der Waals surface area contributed by atoms with Crippen molar-refractivity contribution < 1.29 is 14.3 Å². The third-order valence-corrected chi connectivity index (χ3v) is 3.91. The second kappa shape index (κ2) is 7.29. The van der Waals surface area contributed by atoms with Gasteiger partial charge in [0.1, 0.15) is 18.4 Å². The van der Waals surface area contributed by atoms with Gasteiger partial charge in [-0.15, -0.1) is 0 Å². The maximum absolute atomic E-state index is 12.0. The highest BCUT2D eigenvalue weighted by molar-refractivity contribution is 5.75. The van der Waals surface area contributed by atoms with E-state index < -0.39 is 0 Å². The van der Waals surface area contributed by atoms with Crippen molar-refractivity contribution in [3.8, 4) is 5.75 Å². The van der Waals surface area contributed by atoms with E-state index in [-0.39, 0.29) is 12.0 Å². The molecule has 1 fully saturated rings. The zero-order chi connectivity index (χ0) is 14.4. The zero-order valence-electron chi connectivity index (χ0n) is 12.2. The normalized spacial score (nSPS) is 22.3. The smallest absolute Gasteiger partial charge is 0.323 e. The van der Waals surface area contributed by atoms with E-state index in [9.17, 15) is 4.79 Å². The van der Waals surface area contributed by atoms with Crippen LogP contribution in [0.15, 0.2) is 24.3 Å². The van der Waals surface area contributed by atoms with Crippen molar-refractivity contribution in [1.82, 2.24) is 5.32 Å². The minimum absolute atomic E-state index is 0.140. The molecule has 20 heavy (non-hydrogen) atoms. The average Bonchev–Trinajstić information content (AvgIpc) is 2.53. The molecule has 4 heteroatoms. The van der Waals surface area contributed by atoms with Crippen molar-refractivity contribution >= 4 is 5.97 Å².